The molecule has 2 rings (SSSR count). The van der Waals surface area contributed by atoms with Gasteiger partial charge in [-0.15, -0.1) is 4.72 Å². The highest BCUT2D eigenvalue weighted by molar-refractivity contribution is 7.89. The Morgan fingerprint density at radius 1 is 1.16 bits per heavy atom. The molecule has 2 nitrogen and oxygen atoms in total. The molecule has 0 aliphatic carbocycles. The van der Waals surface area contributed by atoms with Crippen LogP contribution in [0.5, 0.6) is 0 Å². The van der Waals surface area contributed by atoms with Gasteiger partial charge in [0.1, 0.15) is 0 Å². The maximum Gasteiger partial charge on any atom is 0.217 e. The van der Waals surface area contributed by atoms with Crippen LogP contribution < -0.4 is 4.72 Å². The van der Waals surface area contributed by atoms with Crippen molar-refractivity contribution in [3.05, 3.63) is 53.3 Å². The minimum absolute atomic E-state index is 0.219. The van der Waals surface area contributed by atoms with Gasteiger partial charge in [-0.1, -0.05) is 30.3 Å². The van der Waals surface area contributed by atoms with E-state index in [-0.39, 0.29) is 4.90 Å². The molecule has 0 saturated carbocycles. The molecule has 19 heavy (non-hydrogen) atoms. The number of hydrogen-bond donors (Lipinski definition) is 1. The molecule has 0 aliphatic heterocycles. The Morgan fingerprint density at radius 2 is 1.79 bits per heavy atom. The molecule has 0 amide bonds. The molecule has 0 saturated heterocycles. The molecule has 0 heterocycles. The Labute approximate surface area is 116 Å². The summed E-state index contributed by atoms with van der Waals surface area (Å²) in [5.74, 6) is -0.436. The standard InChI is InChI=1S/C15H16FNOS/c1-10-9-13(16)15(19(18)17-3)14(11(10)2)12-7-5-4-6-8-12/h4-9,17H,1-3H3. The van der Waals surface area contributed by atoms with Crippen molar-refractivity contribution < 1.29 is 8.94 Å². The van der Waals surface area contributed by atoms with Gasteiger partial charge in [-0.2, -0.15) is 0 Å². The maximum atomic E-state index is 14.2. The van der Waals surface area contributed by atoms with E-state index >= 15 is 0 Å². The molecule has 0 bridgehead atoms. The monoisotopic (exact) mass is 277 g/mol. The summed E-state index contributed by atoms with van der Waals surface area (Å²) < 4.78 is 28.8. The topological polar surface area (TPSA) is 35.1 Å². The van der Waals surface area contributed by atoms with Crippen LogP contribution in [-0.2, 0) is 11.4 Å². The largest absolute Gasteiger partial charge is 0.593 e. The lowest BCUT2D eigenvalue weighted by atomic mass is 9.97. The average molecular weight is 277 g/mol. The van der Waals surface area contributed by atoms with E-state index in [0.717, 1.165) is 16.7 Å². The van der Waals surface area contributed by atoms with Crippen molar-refractivity contribution in [3.63, 3.8) is 0 Å². The van der Waals surface area contributed by atoms with E-state index in [1.54, 1.807) is 7.05 Å². The van der Waals surface area contributed by atoms with Gasteiger partial charge in [0.05, 0.1) is 11.4 Å². The highest BCUT2D eigenvalue weighted by atomic mass is 32.2. The zero-order valence-electron chi connectivity index (χ0n) is 11.2. The molecule has 0 fully saturated rings. The van der Waals surface area contributed by atoms with Crippen LogP contribution in [0.25, 0.3) is 11.1 Å². The van der Waals surface area contributed by atoms with E-state index in [2.05, 4.69) is 4.72 Å². The molecular weight excluding hydrogens is 261 g/mol. The van der Waals surface area contributed by atoms with E-state index in [1.807, 2.05) is 44.2 Å². The first-order chi connectivity index (χ1) is 9.06. The van der Waals surface area contributed by atoms with E-state index < -0.39 is 17.2 Å². The summed E-state index contributed by atoms with van der Waals surface area (Å²) in [6, 6.07) is 10.9. The van der Waals surface area contributed by atoms with Gasteiger partial charge in [0.15, 0.2) is 5.82 Å². The van der Waals surface area contributed by atoms with E-state index in [9.17, 15) is 8.94 Å². The molecule has 0 aliphatic rings. The number of rotatable bonds is 3. The number of halogens is 1. The number of nitrogens with one attached hydrogen (secondary N) is 1. The minimum atomic E-state index is -1.56. The molecule has 1 N–H and O–H groups in total. The third-order valence-corrected chi connectivity index (χ3v) is 4.33. The van der Waals surface area contributed by atoms with Crippen LogP contribution in [0, 0.1) is 19.7 Å². The molecule has 100 valence electrons. The lowest BCUT2D eigenvalue weighted by molar-refractivity contribution is 0.560. The summed E-state index contributed by atoms with van der Waals surface area (Å²) in [5, 5.41) is 0. The van der Waals surface area contributed by atoms with Gasteiger partial charge >= 0.3 is 0 Å². The zero-order chi connectivity index (χ0) is 14.0. The molecule has 1 atom stereocenters. The summed E-state index contributed by atoms with van der Waals surface area (Å²) in [6.07, 6.45) is 0. The van der Waals surface area contributed by atoms with Crippen LogP contribution in [0.1, 0.15) is 11.1 Å². The number of hydrogen-bond acceptors (Lipinski definition) is 2. The molecule has 0 aromatic heterocycles. The summed E-state index contributed by atoms with van der Waals surface area (Å²) >= 11 is -1.56. The Kier molecular flexibility index (Phi) is 4.24. The van der Waals surface area contributed by atoms with Gasteiger partial charge in [-0.25, -0.2) is 4.39 Å². The SMILES string of the molecule is CN[S+]([O-])c1c(F)cc(C)c(C)c1-c1ccccc1. The third kappa shape index (κ3) is 2.66. The summed E-state index contributed by atoms with van der Waals surface area (Å²) in [6.45, 7) is 3.78. The van der Waals surface area contributed by atoms with Crippen LogP contribution in [0.15, 0.2) is 41.3 Å². The Bertz CT molecular complexity index is 586. The lowest BCUT2D eigenvalue weighted by Gasteiger charge is -2.17. The van der Waals surface area contributed by atoms with Crippen molar-refractivity contribution in [2.45, 2.75) is 18.7 Å². The first kappa shape index (κ1) is 14.1. The molecule has 0 radical (unpaired) electrons. The molecule has 1 unspecified atom stereocenters. The molecule has 0 spiro atoms. The van der Waals surface area contributed by atoms with Crippen molar-refractivity contribution in [1.82, 2.24) is 4.72 Å². The summed E-state index contributed by atoms with van der Waals surface area (Å²) in [4.78, 5) is 0.219. The summed E-state index contributed by atoms with van der Waals surface area (Å²) in [7, 11) is 1.56. The van der Waals surface area contributed by atoms with Crippen LogP contribution in [0.4, 0.5) is 4.39 Å². The molecule has 4 heteroatoms. The highest BCUT2D eigenvalue weighted by Crippen LogP contribution is 2.34. The summed E-state index contributed by atoms with van der Waals surface area (Å²) in [5.41, 5.74) is 3.39. The zero-order valence-corrected chi connectivity index (χ0v) is 12.0. The van der Waals surface area contributed by atoms with Crippen molar-refractivity contribution in [1.29, 1.82) is 0 Å². The number of benzene rings is 2. The second kappa shape index (κ2) is 5.74. The smallest absolute Gasteiger partial charge is 0.217 e. The Balaban J connectivity index is 2.76. The quantitative estimate of drug-likeness (QED) is 0.873. The van der Waals surface area contributed by atoms with Crippen LogP contribution in [0.3, 0.4) is 0 Å². The average Bonchev–Trinajstić information content (AvgIpc) is 2.42. The van der Waals surface area contributed by atoms with Crippen LogP contribution in [0.2, 0.25) is 0 Å². The fourth-order valence-corrected chi connectivity index (χ4v) is 2.98. The van der Waals surface area contributed by atoms with Crippen molar-refractivity contribution in [3.8, 4) is 11.1 Å². The third-order valence-electron chi connectivity index (χ3n) is 3.19. The van der Waals surface area contributed by atoms with Gasteiger partial charge in [-0.3, -0.25) is 0 Å². The second-order valence-electron chi connectivity index (χ2n) is 4.34. The maximum absolute atomic E-state index is 14.2. The molecular formula is C15H16FNOS. The predicted octanol–water partition coefficient (Wildman–Crippen LogP) is 3.35. The molecule has 2 aromatic carbocycles. The van der Waals surface area contributed by atoms with Gasteiger partial charge in [0.25, 0.3) is 0 Å². The fourth-order valence-electron chi connectivity index (χ4n) is 2.09. The first-order valence-electron chi connectivity index (χ1n) is 6.00. The minimum Gasteiger partial charge on any atom is -0.593 e. The highest BCUT2D eigenvalue weighted by Gasteiger charge is 2.25. The van der Waals surface area contributed by atoms with E-state index in [1.165, 1.54) is 6.07 Å². The normalized spacial score (nSPS) is 12.5. The van der Waals surface area contributed by atoms with Crippen LogP contribution >= 0.6 is 0 Å². The predicted molar refractivity (Wildman–Crippen MR) is 76.8 cm³/mol. The Hall–Kier alpha value is -1.36. The first-order valence-corrected chi connectivity index (χ1v) is 7.15. The van der Waals surface area contributed by atoms with Gasteiger partial charge in [-0.05, 0) is 36.6 Å². The lowest BCUT2D eigenvalue weighted by Crippen LogP contribution is -2.21. The Morgan fingerprint density at radius 3 is 2.37 bits per heavy atom. The van der Waals surface area contributed by atoms with Crippen LogP contribution in [-0.4, -0.2) is 11.6 Å². The van der Waals surface area contributed by atoms with E-state index in [4.69, 9.17) is 0 Å². The van der Waals surface area contributed by atoms with Gasteiger partial charge in [0.2, 0.25) is 4.90 Å². The van der Waals surface area contributed by atoms with Crippen molar-refractivity contribution >= 4 is 11.4 Å². The second-order valence-corrected chi connectivity index (χ2v) is 5.70. The fraction of sp³-hybridized carbons (Fsp3) is 0.200. The van der Waals surface area contributed by atoms with Crippen molar-refractivity contribution in [2.75, 3.05) is 7.05 Å². The van der Waals surface area contributed by atoms with Gasteiger partial charge < -0.3 is 4.55 Å². The van der Waals surface area contributed by atoms with Crippen molar-refractivity contribution in [2.24, 2.45) is 0 Å². The molecule has 2 aromatic rings. The van der Waals surface area contributed by atoms with E-state index in [0.29, 0.717) is 5.56 Å². The number of aryl methyl sites for hydroxylation is 1. The van der Waals surface area contributed by atoms with Gasteiger partial charge in [0, 0.05) is 12.6 Å².